The van der Waals surface area contributed by atoms with E-state index in [9.17, 15) is 4.79 Å². The van der Waals surface area contributed by atoms with Gasteiger partial charge in [-0.2, -0.15) is 5.10 Å². The van der Waals surface area contributed by atoms with Crippen LogP contribution in [-0.4, -0.2) is 21.7 Å². The number of benzene rings is 1. The van der Waals surface area contributed by atoms with Gasteiger partial charge in [0.15, 0.2) is 0 Å². The number of thiophene rings is 1. The van der Waals surface area contributed by atoms with Crippen LogP contribution in [0.25, 0.3) is 16.3 Å². The normalized spacial score (nSPS) is 14.8. The molecule has 2 heterocycles. The van der Waals surface area contributed by atoms with E-state index < -0.39 is 0 Å². The van der Waals surface area contributed by atoms with Crippen molar-refractivity contribution >= 4 is 17.2 Å². The number of nitrogens with one attached hydrogen (secondary N) is 1. The maximum Gasteiger partial charge on any atom is 0.251 e. The molecule has 3 aromatic rings. The Labute approximate surface area is 145 Å². The van der Waals surface area contributed by atoms with E-state index in [1.807, 2.05) is 52.7 Å². The van der Waals surface area contributed by atoms with Crippen LogP contribution in [0.3, 0.4) is 0 Å². The molecule has 0 radical (unpaired) electrons. The molecule has 1 fully saturated rings. The van der Waals surface area contributed by atoms with E-state index in [0.717, 1.165) is 29.1 Å². The average Bonchev–Trinajstić information content (AvgIpc) is 3.36. The van der Waals surface area contributed by atoms with Crippen molar-refractivity contribution in [3.05, 3.63) is 59.6 Å². The van der Waals surface area contributed by atoms with Gasteiger partial charge in [0, 0.05) is 17.8 Å². The summed E-state index contributed by atoms with van der Waals surface area (Å²) in [6.45, 7) is 0. The number of carbonyl (C=O) groups excluding carboxylic acids is 1. The van der Waals surface area contributed by atoms with E-state index in [1.165, 1.54) is 12.8 Å². The lowest BCUT2D eigenvalue weighted by atomic mass is 10.1. The standard InChI is InChI=1S/C19H19N3OS/c23-19(20-15-4-1-2-5-15)14-7-9-16(10-8-14)22-12-11-17(21-22)18-6-3-13-24-18/h3,6-13,15H,1-2,4-5H2,(H,20,23). The van der Waals surface area contributed by atoms with Gasteiger partial charge in [-0.25, -0.2) is 4.68 Å². The Balaban J connectivity index is 1.48. The summed E-state index contributed by atoms with van der Waals surface area (Å²) in [5.74, 6) is 0.0215. The van der Waals surface area contributed by atoms with Crippen LogP contribution in [0, 0.1) is 0 Å². The van der Waals surface area contributed by atoms with E-state index in [1.54, 1.807) is 11.3 Å². The van der Waals surface area contributed by atoms with Crippen molar-refractivity contribution in [1.29, 1.82) is 0 Å². The monoisotopic (exact) mass is 337 g/mol. The Bertz CT molecular complexity index is 815. The zero-order chi connectivity index (χ0) is 16.4. The minimum atomic E-state index is 0.0215. The number of amides is 1. The quantitative estimate of drug-likeness (QED) is 0.773. The van der Waals surface area contributed by atoms with Gasteiger partial charge in [-0.3, -0.25) is 4.79 Å². The Morgan fingerprint density at radius 2 is 1.92 bits per heavy atom. The van der Waals surface area contributed by atoms with Crippen molar-refractivity contribution in [3.63, 3.8) is 0 Å². The molecule has 1 saturated carbocycles. The van der Waals surface area contributed by atoms with Crippen molar-refractivity contribution in [3.8, 4) is 16.3 Å². The molecule has 1 aromatic carbocycles. The van der Waals surface area contributed by atoms with Crippen molar-refractivity contribution in [2.45, 2.75) is 31.7 Å². The summed E-state index contributed by atoms with van der Waals surface area (Å²) < 4.78 is 1.84. The molecule has 0 saturated heterocycles. The highest BCUT2D eigenvalue weighted by molar-refractivity contribution is 7.13. The molecule has 0 aliphatic heterocycles. The molecule has 0 spiro atoms. The number of rotatable bonds is 4. The first kappa shape index (κ1) is 15.1. The van der Waals surface area contributed by atoms with Gasteiger partial charge in [0.1, 0.15) is 5.69 Å². The smallest absolute Gasteiger partial charge is 0.251 e. The molecule has 0 unspecified atom stereocenters. The molecule has 1 aliphatic rings. The fraction of sp³-hybridized carbons (Fsp3) is 0.263. The lowest BCUT2D eigenvalue weighted by Crippen LogP contribution is -2.32. The Kier molecular flexibility index (Phi) is 4.17. The van der Waals surface area contributed by atoms with Crippen LogP contribution >= 0.6 is 11.3 Å². The Hall–Kier alpha value is -2.40. The van der Waals surface area contributed by atoms with Crippen LogP contribution in [0.5, 0.6) is 0 Å². The molecule has 122 valence electrons. The maximum atomic E-state index is 12.3. The zero-order valence-electron chi connectivity index (χ0n) is 13.3. The molecule has 24 heavy (non-hydrogen) atoms. The summed E-state index contributed by atoms with van der Waals surface area (Å²) in [6.07, 6.45) is 6.58. The summed E-state index contributed by atoms with van der Waals surface area (Å²) in [6, 6.07) is 14.1. The summed E-state index contributed by atoms with van der Waals surface area (Å²) in [5.41, 5.74) is 2.62. The molecule has 5 heteroatoms. The zero-order valence-corrected chi connectivity index (χ0v) is 14.1. The molecule has 1 N–H and O–H groups in total. The third kappa shape index (κ3) is 3.12. The molecular formula is C19H19N3OS. The highest BCUT2D eigenvalue weighted by Crippen LogP contribution is 2.23. The van der Waals surface area contributed by atoms with Gasteiger partial charge >= 0.3 is 0 Å². The second-order valence-corrected chi connectivity index (χ2v) is 7.07. The predicted octanol–water partition coefficient (Wildman–Crippen LogP) is 4.27. The van der Waals surface area contributed by atoms with Gasteiger partial charge in [-0.1, -0.05) is 18.9 Å². The van der Waals surface area contributed by atoms with Gasteiger partial charge in [-0.15, -0.1) is 11.3 Å². The van der Waals surface area contributed by atoms with Crippen LogP contribution in [-0.2, 0) is 0 Å². The van der Waals surface area contributed by atoms with E-state index in [-0.39, 0.29) is 5.91 Å². The third-order valence-corrected chi connectivity index (χ3v) is 5.34. The lowest BCUT2D eigenvalue weighted by molar-refractivity contribution is 0.0938. The van der Waals surface area contributed by atoms with Gasteiger partial charge in [0.25, 0.3) is 5.91 Å². The number of nitrogens with zero attached hydrogens (tertiary/aromatic N) is 2. The van der Waals surface area contributed by atoms with Gasteiger partial charge < -0.3 is 5.32 Å². The maximum absolute atomic E-state index is 12.3. The SMILES string of the molecule is O=C(NC1CCCC1)c1ccc(-n2ccc(-c3cccs3)n2)cc1. The Morgan fingerprint density at radius 1 is 1.12 bits per heavy atom. The van der Waals surface area contributed by atoms with Gasteiger partial charge in [0.05, 0.1) is 10.6 Å². The molecule has 4 nitrogen and oxygen atoms in total. The minimum Gasteiger partial charge on any atom is -0.349 e. The highest BCUT2D eigenvalue weighted by Gasteiger charge is 2.17. The minimum absolute atomic E-state index is 0.0215. The van der Waals surface area contributed by atoms with E-state index in [0.29, 0.717) is 11.6 Å². The molecular weight excluding hydrogens is 318 g/mol. The van der Waals surface area contributed by atoms with Crippen LogP contribution in [0.1, 0.15) is 36.0 Å². The molecule has 1 amide bonds. The fourth-order valence-electron chi connectivity index (χ4n) is 3.13. The number of hydrogen-bond donors (Lipinski definition) is 1. The lowest BCUT2D eigenvalue weighted by Gasteiger charge is -2.12. The average molecular weight is 337 g/mol. The number of aromatic nitrogens is 2. The molecule has 2 aromatic heterocycles. The van der Waals surface area contributed by atoms with E-state index >= 15 is 0 Å². The summed E-state index contributed by atoms with van der Waals surface area (Å²) >= 11 is 1.68. The van der Waals surface area contributed by atoms with E-state index in [4.69, 9.17) is 0 Å². The first-order valence-corrected chi connectivity index (χ1v) is 9.18. The van der Waals surface area contributed by atoms with Gasteiger partial charge in [0.2, 0.25) is 0 Å². The van der Waals surface area contributed by atoms with Crippen LogP contribution in [0.4, 0.5) is 0 Å². The van der Waals surface area contributed by atoms with Crippen LogP contribution < -0.4 is 5.32 Å². The van der Waals surface area contributed by atoms with Crippen molar-refractivity contribution in [2.24, 2.45) is 0 Å². The highest BCUT2D eigenvalue weighted by atomic mass is 32.1. The fourth-order valence-corrected chi connectivity index (χ4v) is 3.82. The number of carbonyl (C=O) groups is 1. The molecule has 1 aliphatic carbocycles. The largest absolute Gasteiger partial charge is 0.349 e. The Morgan fingerprint density at radius 3 is 2.62 bits per heavy atom. The van der Waals surface area contributed by atoms with E-state index in [2.05, 4.69) is 16.5 Å². The second kappa shape index (κ2) is 6.61. The summed E-state index contributed by atoms with van der Waals surface area (Å²) in [7, 11) is 0. The van der Waals surface area contributed by atoms with Crippen molar-refractivity contribution in [1.82, 2.24) is 15.1 Å². The van der Waals surface area contributed by atoms with Crippen LogP contribution in [0.15, 0.2) is 54.0 Å². The van der Waals surface area contributed by atoms with Crippen LogP contribution in [0.2, 0.25) is 0 Å². The second-order valence-electron chi connectivity index (χ2n) is 6.12. The molecule has 0 atom stereocenters. The van der Waals surface area contributed by atoms with Crippen molar-refractivity contribution in [2.75, 3.05) is 0 Å². The molecule has 0 bridgehead atoms. The first-order valence-electron chi connectivity index (χ1n) is 8.30. The topological polar surface area (TPSA) is 46.9 Å². The predicted molar refractivity (Wildman–Crippen MR) is 96.6 cm³/mol. The summed E-state index contributed by atoms with van der Waals surface area (Å²) in [5, 5.41) is 9.77. The number of hydrogen-bond acceptors (Lipinski definition) is 3. The van der Waals surface area contributed by atoms with Gasteiger partial charge in [-0.05, 0) is 54.6 Å². The molecule has 4 rings (SSSR count). The van der Waals surface area contributed by atoms with Crippen molar-refractivity contribution < 1.29 is 4.79 Å². The third-order valence-electron chi connectivity index (χ3n) is 4.45. The first-order chi connectivity index (χ1) is 11.8. The summed E-state index contributed by atoms with van der Waals surface area (Å²) in [4.78, 5) is 13.4.